The Kier molecular flexibility index (Phi) is 5.07. The third kappa shape index (κ3) is 3.52. The Morgan fingerprint density at radius 2 is 1.89 bits per heavy atom. The molecule has 0 saturated carbocycles. The average molecular weight is 482 g/mol. The van der Waals surface area contributed by atoms with Gasteiger partial charge in [0.2, 0.25) is 5.91 Å². The molecular formula is C28H27N5O3. The second-order valence-corrected chi connectivity index (χ2v) is 9.90. The molecule has 0 spiro atoms. The van der Waals surface area contributed by atoms with Crippen molar-refractivity contribution in [3.05, 3.63) is 77.6 Å². The molecule has 3 aromatic carbocycles. The lowest BCUT2D eigenvalue weighted by Crippen LogP contribution is -2.44. The number of imidazole rings is 1. The van der Waals surface area contributed by atoms with Crippen molar-refractivity contribution in [2.24, 2.45) is 0 Å². The lowest BCUT2D eigenvalue weighted by Gasteiger charge is -2.26. The summed E-state index contributed by atoms with van der Waals surface area (Å²) in [6.45, 7) is 3.97. The van der Waals surface area contributed by atoms with Crippen LogP contribution < -0.4 is 5.32 Å². The minimum atomic E-state index is -1.23. The zero-order valence-electron chi connectivity index (χ0n) is 20.2. The number of aromatic nitrogens is 2. The van der Waals surface area contributed by atoms with Gasteiger partial charge in [-0.2, -0.15) is 0 Å². The van der Waals surface area contributed by atoms with Crippen LogP contribution in [0, 0.1) is 6.92 Å². The summed E-state index contributed by atoms with van der Waals surface area (Å²) in [5, 5.41) is 4.85. The molecule has 4 aromatic rings. The first kappa shape index (κ1) is 22.3. The van der Waals surface area contributed by atoms with Crippen molar-refractivity contribution in [1.82, 2.24) is 25.1 Å². The summed E-state index contributed by atoms with van der Waals surface area (Å²) in [6, 6.07) is 18.8. The van der Waals surface area contributed by atoms with Crippen LogP contribution in [-0.4, -0.2) is 50.7 Å². The predicted molar refractivity (Wildman–Crippen MR) is 136 cm³/mol. The fourth-order valence-electron chi connectivity index (χ4n) is 5.41. The molecule has 2 unspecified atom stereocenters. The molecule has 2 atom stereocenters. The van der Waals surface area contributed by atoms with Gasteiger partial charge in [0.1, 0.15) is 17.9 Å². The van der Waals surface area contributed by atoms with Crippen molar-refractivity contribution >= 4 is 39.7 Å². The molecule has 2 fully saturated rings. The van der Waals surface area contributed by atoms with Gasteiger partial charge in [-0.3, -0.25) is 14.5 Å². The van der Waals surface area contributed by atoms with Crippen LogP contribution in [0.1, 0.15) is 42.8 Å². The Hall–Kier alpha value is -4.20. The molecule has 8 heteroatoms. The highest BCUT2D eigenvalue weighted by atomic mass is 16.2. The Morgan fingerprint density at radius 1 is 1.08 bits per heavy atom. The molecule has 0 bridgehead atoms. The van der Waals surface area contributed by atoms with Crippen LogP contribution in [0.15, 0.2) is 60.7 Å². The number of imide groups is 1. The first-order chi connectivity index (χ1) is 17.3. The SMILES string of the molecule is Cc1ccc2nc(C3CCCN3C(=O)CN3C(=O)NC(C)(c4ccc5ccccc5c4)C3=O)[nH]c2c1. The van der Waals surface area contributed by atoms with Gasteiger partial charge < -0.3 is 15.2 Å². The van der Waals surface area contributed by atoms with Gasteiger partial charge in [0, 0.05) is 6.54 Å². The second kappa shape index (κ2) is 8.19. The molecule has 3 heterocycles. The van der Waals surface area contributed by atoms with E-state index in [1.807, 2.05) is 67.6 Å². The van der Waals surface area contributed by atoms with E-state index >= 15 is 0 Å². The summed E-state index contributed by atoms with van der Waals surface area (Å²) in [5.74, 6) is 0.0474. The molecule has 2 saturated heterocycles. The van der Waals surface area contributed by atoms with Crippen molar-refractivity contribution in [2.45, 2.75) is 38.3 Å². The summed E-state index contributed by atoms with van der Waals surface area (Å²) in [6.07, 6.45) is 1.61. The Labute approximate surface area is 208 Å². The molecular weight excluding hydrogens is 454 g/mol. The maximum Gasteiger partial charge on any atom is 0.325 e. The van der Waals surface area contributed by atoms with Gasteiger partial charge in [0.05, 0.1) is 17.1 Å². The maximum absolute atomic E-state index is 13.5. The number of aryl methyl sites for hydroxylation is 1. The van der Waals surface area contributed by atoms with Crippen LogP contribution in [0.5, 0.6) is 0 Å². The zero-order valence-corrected chi connectivity index (χ0v) is 20.2. The average Bonchev–Trinajstić information content (AvgIpc) is 3.57. The number of hydrogen-bond acceptors (Lipinski definition) is 4. The third-order valence-electron chi connectivity index (χ3n) is 7.44. The molecule has 4 amide bonds. The fraction of sp³-hybridized carbons (Fsp3) is 0.286. The van der Waals surface area contributed by atoms with Crippen LogP contribution in [0.2, 0.25) is 0 Å². The highest BCUT2D eigenvalue weighted by molar-refractivity contribution is 6.09. The van der Waals surface area contributed by atoms with Crippen molar-refractivity contribution in [3.63, 3.8) is 0 Å². The highest BCUT2D eigenvalue weighted by Gasteiger charge is 2.50. The zero-order chi connectivity index (χ0) is 25.0. The first-order valence-electron chi connectivity index (χ1n) is 12.2. The maximum atomic E-state index is 13.5. The number of benzene rings is 3. The van der Waals surface area contributed by atoms with Crippen LogP contribution in [0.3, 0.4) is 0 Å². The van der Waals surface area contributed by atoms with Crippen LogP contribution in [0.25, 0.3) is 21.8 Å². The molecule has 0 aliphatic carbocycles. The van der Waals surface area contributed by atoms with E-state index < -0.39 is 17.5 Å². The van der Waals surface area contributed by atoms with Crippen molar-refractivity contribution in [2.75, 3.05) is 13.1 Å². The predicted octanol–water partition coefficient (Wildman–Crippen LogP) is 4.16. The van der Waals surface area contributed by atoms with E-state index in [4.69, 9.17) is 4.98 Å². The number of carbonyl (C=O) groups is 3. The summed E-state index contributed by atoms with van der Waals surface area (Å²) >= 11 is 0. The monoisotopic (exact) mass is 481 g/mol. The van der Waals surface area contributed by atoms with Crippen LogP contribution in [-0.2, 0) is 15.1 Å². The van der Waals surface area contributed by atoms with E-state index in [1.54, 1.807) is 11.8 Å². The van der Waals surface area contributed by atoms with Gasteiger partial charge in [0.15, 0.2) is 0 Å². The number of carbonyl (C=O) groups excluding carboxylic acids is 3. The second-order valence-electron chi connectivity index (χ2n) is 9.90. The standard InChI is InChI=1S/C28H27N5O3/c1-17-9-12-21-22(14-17)30-25(29-21)23-8-5-13-32(23)24(34)16-33-26(35)28(2,31-27(33)36)20-11-10-18-6-3-4-7-19(18)15-20/h3-4,6-7,9-12,14-15,23H,5,8,13,16H2,1-2H3,(H,29,30)(H,31,36). The minimum Gasteiger partial charge on any atom is -0.340 e. The fourth-order valence-corrected chi connectivity index (χ4v) is 5.41. The normalized spacial score (nSPS) is 22.1. The van der Waals surface area contributed by atoms with Gasteiger partial charge in [0.25, 0.3) is 5.91 Å². The number of aromatic amines is 1. The summed E-state index contributed by atoms with van der Waals surface area (Å²) < 4.78 is 0. The number of nitrogens with one attached hydrogen (secondary N) is 2. The van der Waals surface area contributed by atoms with Gasteiger partial charge in [-0.15, -0.1) is 0 Å². The quantitative estimate of drug-likeness (QED) is 0.428. The van der Waals surface area contributed by atoms with E-state index in [9.17, 15) is 14.4 Å². The van der Waals surface area contributed by atoms with Gasteiger partial charge in [-0.1, -0.05) is 42.5 Å². The molecule has 182 valence electrons. The van der Waals surface area contributed by atoms with E-state index in [-0.39, 0.29) is 18.5 Å². The molecule has 2 aliphatic heterocycles. The van der Waals surface area contributed by atoms with Crippen molar-refractivity contribution < 1.29 is 14.4 Å². The van der Waals surface area contributed by atoms with E-state index in [0.717, 1.165) is 50.9 Å². The molecule has 1 aromatic heterocycles. The lowest BCUT2D eigenvalue weighted by molar-refractivity contribution is -0.139. The van der Waals surface area contributed by atoms with Crippen LogP contribution in [0.4, 0.5) is 4.79 Å². The molecule has 8 nitrogen and oxygen atoms in total. The summed E-state index contributed by atoms with van der Waals surface area (Å²) in [4.78, 5) is 50.6. The molecule has 0 radical (unpaired) electrons. The summed E-state index contributed by atoms with van der Waals surface area (Å²) in [7, 11) is 0. The van der Waals surface area contributed by atoms with Crippen molar-refractivity contribution in [1.29, 1.82) is 0 Å². The molecule has 2 aliphatic rings. The lowest BCUT2D eigenvalue weighted by atomic mass is 9.90. The number of fused-ring (bicyclic) bond motifs is 2. The van der Waals surface area contributed by atoms with E-state index in [1.165, 1.54) is 0 Å². The Bertz CT molecular complexity index is 1540. The Morgan fingerprint density at radius 3 is 2.72 bits per heavy atom. The Balaban J connectivity index is 1.23. The van der Waals surface area contributed by atoms with Gasteiger partial charge in [-0.25, -0.2) is 9.78 Å². The molecule has 36 heavy (non-hydrogen) atoms. The number of urea groups is 1. The number of rotatable bonds is 4. The number of nitrogens with zero attached hydrogens (tertiary/aromatic N) is 3. The van der Waals surface area contributed by atoms with Crippen LogP contribution >= 0.6 is 0 Å². The third-order valence-corrected chi connectivity index (χ3v) is 7.44. The molecule has 2 N–H and O–H groups in total. The van der Waals surface area contributed by atoms with E-state index in [0.29, 0.717) is 12.1 Å². The van der Waals surface area contributed by atoms with Gasteiger partial charge in [-0.05, 0) is 66.8 Å². The first-order valence-corrected chi connectivity index (χ1v) is 12.2. The highest BCUT2D eigenvalue weighted by Crippen LogP contribution is 2.34. The molecule has 6 rings (SSSR count). The minimum absolute atomic E-state index is 0.210. The van der Waals surface area contributed by atoms with Crippen molar-refractivity contribution in [3.8, 4) is 0 Å². The van der Waals surface area contributed by atoms with E-state index in [2.05, 4.69) is 10.3 Å². The number of hydrogen-bond donors (Lipinski definition) is 2. The number of likely N-dealkylation sites (tertiary alicyclic amines) is 1. The number of amides is 4. The van der Waals surface area contributed by atoms with Gasteiger partial charge >= 0.3 is 6.03 Å². The largest absolute Gasteiger partial charge is 0.340 e. The topological polar surface area (TPSA) is 98.4 Å². The summed E-state index contributed by atoms with van der Waals surface area (Å²) in [5.41, 5.74) is 2.37. The smallest absolute Gasteiger partial charge is 0.325 e. The number of H-pyrrole nitrogens is 1.